The number of anilines is 1. The van der Waals surface area contributed by atoms with Crippen molar-refractivity contribution in [3.05, 3.63) is 65.5 Å². The molecule has 0 N–H and O–H groups in total. The van der Waals surface area contributed by atoms with Crippen molar-refractivity contribution < 1.29 is 18.8 Å². The molecule has 0 aromatic heterocycles. The molecule has 4 rings (SSSR count). The molecule has 0 unspecified atom stereocenters. The average molecular weight is 352 g/mol. The Morgan fingerprint density at radius 1 is 1.04 bits per heavy atom. The minimum atomic E-state index is -0.666. The first-order valence-electron chi connectivity index (χ1n) is 8.62. The van der Waals surface area contributed by atoms with Gasteiger partial charge < -0.3 is 4.90 Å². The third-order valence-electron chi connectivity index (χ3n) is 4.92. The Balaban J connectivity index is 1.86. The first-order valence-corrected chi connectivity index (χ1v) is 8.62. The van der Waals surface area contributed by atoms with E-state index in [0.717, 1.165) is 23.8 Å². The molecule has 0 bridgehead atoms. The second-order valence-electron chi connectivity index (χ2n) is 6.52. The van der Waals surface area contributed by atoms with Crippen LogP contribution in [0.5, 0.6) is 0 Å². The number of para-hydroxylation sites is 1. The van der Waals surface area contributed by atoms with Gasteiger partial charge in [0.05, 0.1) is 11.3 Å². The molecule has 0 saturated carbocycles. The number of piperidine rings is 1. The molecule has 3 amide bonds. The molecule has 26 heavy (non-hydrogen) atoms. The lowest BCUT2D eigenvalue weighted by molar-refractivity contribution is -0.123. The summed E-state index contributed by atoms with van der Waals surface area (Å²) in [5.41, 5.74) is 0.644. The highest BCUT2D eigenvalue weighted by Gasteiger charge is 2.42. The van der Waals surface area contributed by atoms with Gasteiger partial charge in [-0.15, -0.1) is 0 Å². The molecular weight excluding hydrogens is 335 g/mol. The number of hydrogen-bond acceptors (Lipinski definition) is 3. The highest BCUT2D eigenvalue weighted by molar-refractivity contribution is 6.26. The van der Waals surface area contributed by atoms with Gasteiger partial charge in [0.1, 0.15) is 11.9 Å². The van der Waals surface area contributed by atoms with Crippen LogP contribution in [-0.4, -0.2) is 35.2 Å². The van der Waals surface area contributed by atoms with Crippen LogP contribution in [0.15, 0.2) is 48.5 Å². The van der Waals surface area contributed by atoms with Crippen LogP contribution in [0.2, 0.25) is 0 Å². The van der Waals surface area contributed by atoms with Gasteiger partial charge in [-0.3, -0.25) is 14.4 Å². The summed E-state index contributed by atoms with van der Waals surface area (Å²) in [5.74, 6) is -1.85. The second kappa shape index (κ2) is 6.37. The van der Waals surface area contributed by atoms with Crippen LogP contribution < -0.4 is 4.90 Å². The van der Waals surface area contributed by atoms with Crippen molar-refractivity contribution in [2.75, 3.05) is 11.4 Å². The van der Waals surface area contributed by atoms with Crippen molar-refractivity contribution in [1.82, 2.24) is 4.90 Å². The van der Waals surface area contributed by atoms with Crippen molar-refractivity contribution >= 4 is 23.4 Å². The number of hydrogen-bond donors (Lipinski definition) is 0. The summed E-state index contributed by atoms with van der Waals surface area (Å²) in [4.78, 5) is 41.8. The molecular formula is C20H17FN2O3. The first-order chi connectivity index (χ1) is 12.6. The number of imide groups is 1. The van der Waals surface area contributed by atoms with Crippen LogP contribution in [0.3, 0.4) is 0 Å². The predicted molar refractivity (Wildman–Crippen MR) is 93.3 cm³/mol. The average Bonchev–Trinajstić information content (AvgIpc) is 2.76. The predicted octanol–water partition coefficient (Wildman–Crippen LogP) is 3.01. The minimum absolute atomic E-state index is 0.0739. The lowest BCUT2D eigenvalue weighted by Crippen LogP contribution is -2.52. The van der Waals surface area contributed by atoms with Crippen molar-refractivity contribution in [2.45, 2.75) is 25.3 Å². The first kappa shape index (κ1) is 16.4. The van der Waals surface area contributed by atoms with E-state index < -0.39 is 23.7 Å². The molecule has 2 heterocycles. The van der Waals surface area contributed by atoms with Crippen molar-refractivity contribution in [3.63, 3.8) is 0 Å². The summed E-state index contributed by atoms with van der Waals surface area (Å²) in [6.45, 7) is 0.492. The Hall–Kier alpha value is -3.02. The molecule has 6 heteroatoms. The maximum Gasteiger partial charge on any atom is 0.265 e. The van der Waals surface area contributed by atoms with Gasteiger partial charge in [-0.25, -0.2) is 9.29 Å². The fraction of sp³-hybridized carbons (Fsp3) is 0.250. The normalized spacial score (nSPS) is 19.7. The molecule has 1 atom stereocenters. The minimum Gasteiger partial charge on any atom is -0.327 e. The highest BCUT2D eigenvalue weighted by Crippen LogP contribution is 2.32. The monoisotopic (exact) mass is 352 g/mol. The van der Waals surface area contributed by atoms with E-state index in [-0.39, 0.29) is 17.2 Å². The zero-order chi connectivity index (χ0) is 18.3. The van der Waals surface area contributed by atoms with E-state index in [2.05, 4.69) is 0 Å². The lowest BCUT2D eigenvalue weighted by Gasteiger charge is -2.34. The van der Waals surface area contributed by atoms with Gasteiger partial charge in [-0.2, -0.15) is 0 Å². The third kappa shape index (κ3) is 2.58. The molecule has 5 nitrogen and oxygen atoms in total. The summed E-state index contributed by atoms with van der Waals surface area (Å²) in [7, 11) is 0. The van der Waals surface area contributed by atoms with Gasteiger partial charge in [-0.1, -0.05) is 18.2 Å². The molecule has 0 spiro atoms. The summed E-state index contributed by atoms with van der Waals surface area (Å²) in [6.07, 6.45) is 2.17. The van der Waals surface area contributed by atoms with E-state index in [0.29, 0.717) is 18.5 Å². The maximum atomic E-state index is 13.6. The molecule has 0 radical (unpaired) electrons. The van der Waals surface area contributed by atoms with Crippen molar-refractivity contribution in [3.8, 4) is 0 Å². The van der Waals surface area contributed by atoms with E-state index in [9.17, 15) is 18.8 Å². The molecule has 132 valence electrons. The SMILES string of the molecule is O=C(c1cccc(F)c1)N1C(=O)[C@@H]2CCCCN2C(=O)c2ccccc21. The molecule has 1 saturated heterocycles. The van der Waals surface area contributed by atoms with Crippen molar-refractivity contribution in [1.29, 1.82) is 0 Å². The lowest BCUT2D eigenvalue weighted by atomic mass is 10.0. The number of halogens is 1. The zero-order valence-electron chi connectivity index (χ0n) is 14.0. The third-order valence-corrected chi connectivity index (χ3v) is 4.92. The smallest absolute Gasteiger partial charge is 0.265 e. The zero-order valence-corrected chi connectivity index (χ0v) is 14.0. The standard InChI is InChI=1S/C20H17FN2O3/c21-14-7-5-6-13(12-14)18(24)23-16-9-2-1-8-15(16)19(25)22-11-4-3-10-17(22)20(23)26/h1-2,5-9,12,17H,3-4,10-11H2/t17-/m0/s1. The quantitative estimate of drug-likeness (QED) is 0.742. The van der Waals surface area contributed by atoms with Gasteiger partial charge in [0, 0.05) is 12.1 Å². The van der Waals surface area contributed by atoms with Gasteiger partial charge >= 0.3 is 0 Å². The molecule has 2 aromatic carbocycles. The fourth-order valence-electron chi connectivity index (χ4n) is 3.66. The number of amides is 3. The molecule has 2 aliphatic heterocycles. The Morgan fingerprint density at radius 3 is 2.65 bits per heavy atom. The highest BCUT2D eigenvalue weighted by atomic mass is 19.1. The van der Waals surface area contributed by atoms with Gasteiger partial charge in [0.2, 0.25) is 0 Å². The number of fused-ring (bicyclic) bond motifs is 2. The van der Waals surface area contributed by atoms with Crippen LogP contribution in [0, 0.1) is 5.82 Å². The Kier molecular flexibility index (Phi) is 4.03. The van der Waals surface area contributed by atoms with Gasteiger partial charge in [0.25, 0.3) is 17.7 Å². The summed E-state index contributed by atoms with van der Waals surface area (Å²) >= 11 is 0. The topological polar surface area (TPSA) is 57.7 Å². The Bertz CT molecular complexity index is 911. The molecule has 0 aliphatic carbocycles. The summed E-state index contributed by atoms with van der Waals surface area (Å²) in [5, 5.41) is 0. The number of benzene rings is 2. The Morgan fingerprint density at radius 2 is 1.85 bits per heavy atom. The number of carbonyl (C=O) groups excluding carboxylic acids is 3. The fourth-order valence-corrected chi connectivity index (χ4v) is 3.66. The van der Waals surface area contributed by atoms with E-state index in [1.54, 1.807) is 29.2 Å². The van der Waals surface area contributed by atoms with Crippen LogP contribution in [0.25, 0.3) is 0 Å². The van der Waals surface area contributed by atoms with Gasteiger partial charge in [-0.05, 0) is 49.6 Å². The number of nitrogens with zero attached hydrogens (tertiary/aromatic N) is 2. The molecule has 2 aliphatic rings. The second-order valence-corrected chi connectivity index (χ2v) is 6.52. The van der Waals surface area contributed by atoms with Crippen molar-refractivity contribution in [2.24, 2.45) is 0 Å². The molecule has 1 fully saturated rings. The summed E-state index contributed by atoms with van der Waals surface area (Å²) in [6, 6.07) is 11.1. The van der Waals surface area contributed by atoms with E-state index in [4.69, 9.17) is 0 Å². The van der Waals surface area contributed by atoms with Gasteiger partial charge in [0.15, 0.2) is 0 Å². The number of carbonyl (C=O) groups is 3. The van der Waals surface area contributed by atoms with E-state index in [1.165, 1.54) is 18.2 Å². The molecule has 2 aromatic rings. The van der Waals surface area contributed by atoms with E-state index >= 15 is 0 Å². The largest absolute Gasteiger partial charge is 0.327 e. The number of rotatable bonds is 1. The van der Waals surface area contributed by atoms with Crippen LogP contribution in [-0.2, 0) is 4.79 Å². The van der Waals surface area contributed by atoms with E-state index in [1.807, 2.05) is 0 Å². The Labute approximate surface area is 150 Å². The maximum absolute atomic E-state index is 13.6. The van der Waals surface area contributed by atoms with Crippen LogP contribution in [0.1, 0.15) is 40.0 Å². The summed E-state index contributed by atoms with van der Waals surface area (Å²) < 4.78 is 13.6. The van der Waals surface area contributed by atoms with Crippen LogP contribution >= 0.6 is 0 Å². The van der Waals surface area contributed by atoms with Crippen LogP contribution in [0.4, 0.5) is 10.1 Å².